The molecule has 26 nitrogen and oxygen atoms in total. The lowest BCUT2D eigenvalue weighted by molar-refractivity contribution is -0.0368. The van der Waals surface area contributed by atoms with Gasteiger partial charge in [-0.25, -0.2) is 0 Å². The molecule has 0 radical (unpaired) electrons. The van der Waals surface area contributed by atoms with E-state index in [9.17, 15) is 0 Å². The summed E-state index contributed by atoms with van der Waals surface area (Å²) in [6.45, 7) is 21.7. The van der Waals surface area contributed by atoms with E-state index in [4.69, 9.17) is 114 Å². The molecule has 6 aromatic rings. The van der Waals surface area contributed by atoms with Crippen LogP contribution < -0.4 is 28.4 Å². The Morgan fingerprint density at radius 1 is 0.196 bits per heavy atom. The molecule has 624 valence electrons. The third-order valence-electron chi connectivity index (χ3n) is 18.3. The molecule has 2 atom stereocenters. The van der Waals surface area contributed by atoms with Gasteiger partial charge in [-0.3, -0.25) is 9.80 Å². The van der Waals surface area contributed by atoms with Gasteiger partial charge in [-0.2, -0.15) is 0 Å². The van der Waals surface area contributed by atoms with E-state index < -0.39 is 11.1 Å². The van der Waals surface area contributed by atoms with Crippen molar-refractivity contribution in [3.63, 3.8) is 0 Å². The van der Waals surface area contributed by atoms with Crippen LogP contribution >= 0.6 is 0 Å². The van der Waals surface area contributed by atoms with Crippen molar-refractivity contribution < 1.29 is 114 Å². The molecule has 0 saturated carbocycles. The molecule has 1 saturated heterocycles. The third kappa shape index (κ3) is 32.2. The van der Waals surface area contributed by atoms with E-state index in [1.807, 2.05) is 0 Å². The highest BCUT2D eigenvalue weighted by Gasteiger charge is 2.53. The summed E-state index contributed by atoms with van der Waals surface area (Å²) in [5.41, 5.74) is 4.12. The normalized spacial score (nSPS) is 14.2. The average Bonchev–Trinajstić information content (AvgIpc) is 0.714. The maximum atomic E-state index is 6.41. The Morgan fingerprint density at radius 3 is 0.455 bits per heavy atom. The lowest BCUT2D eigenvalue weighted by atomic mass is 9.72. The number of ether oxygens (including phenoxy) is 24. The van der Waals surface area contributed by atoms with Gasteiger partial charge in [-0.05, 0) is 120 Å². The van der Waals surface area contributed by atoms with E-state index in [1.54, 1.807) is 42.7 Å². The van der Waals surface area contributed by atoms with Gasteiger partial charge >= 0.3 is 0 Å². The first-order valence-corrected chi connectivity index (χ1v) is 39.1. The van der Waals surface area contributed by atoms with Crippen LogP contribution in [0.3, 0.4) is 0 Å². The molecule has 112 heavy (non-hydrogen) atoms. The predicted molar refractivity (Wildman–Crippen MR) is 425 cm³/mol. The summed E-state index contributed by atoms with van der Waals surface area (Å²) in [5, 5.41) is 0. The Bertz CT molecular complexity index is 2720. The van der Waals surface area contributed by atoms with Gasteiger partial charge in [-0.1, -0.05) is 72.8 Å². The summed E-state index contributed by atoms with van der Waals surface area (Å²) in [5.74, 6) is 4.20. The van der Waals surface area contributed by atoms with Crippen molar-refractivity contribution in [3.8, 4) is 34.5 Å². The van der Waals surface area contributed by atoms with Gasteiger partial charge in [0.05, 0.1) is 209 Å². The highest BCUT2D eigenvalue weighted by Crippen LogP contribution is 2.51. The van der Waals surface area contributed by atoms with Crippen LogP contribution in [-0.4, -0.2) is 315 Å². The van der Waals surface area contributed by atoms with Crippen molar-refractivity contribution in [2.24, 2.45) is 0 Å². The largest absolute Gasteiger partial charge is 0.491 e. The number of hydrogen-bond acceptors (Lipinski definition) is 26. The van der Waals surface area contributed by atoms with Crippen molar-refractivity contribution in [1.29, 1.82) is 0 Å². The lowest BCUT2D eigenvalue weighted by Gasteiger charge is -2.58. The molecule has 0 bridgehead atoms. The first kappa shape index (κ1) is 92.5. The fraction of sp³-hybridized carbons (Fsp3) is 0.581. The van der Waals surface area contributed by atoms with Crippen LogP contribution in [0.5, 0.6) is 34.5 Å². The molecule has 26 heteroatoms. The highest BCUT2D eigenvalue weighted by molar-refractivity contribution is 5.56. The van der Waals surface area contributed by atoms with E-state index in [2.05, 4.69) is 169 Å². The fourth-order valence-corrected chi connectivity index (χ4v) is 12.9. The first-order chi connectivity index (χ1) is 55.3. The highest BCUT2D eigenvalue weighted by atomic mass is 16.6. The predicted octanol–water partition coefficient (Wildman–Crippen LogP) is 9.72. The van der Waals surface area contributed by atoms with E-state index in [-0.39, 0.29) is 12.1 Å². The smallest absolute Gasteiger partial charge is 0.119 e. The van der Waals surface area contributed by atoms with Crippen molar-refractivity contribution >= 4 is 0 Å². The lowest BCUT2D eigenvalue weighted by Crippen LogP contribution is -2.67. The minimum absolute atomic E-state index is 0.186. The summed E-state index contributed by atoms with van der Waals surface area (Å²) < 4.78 is 138. The van der Waals surface area contributed by atoms with Gasteiger partial charge in [0.2, 0.25) is 0 Å². The van der Waals surface area contributed by atoms with E-state index in [1.165, 1.54) is 0 Å². The van der Waals surface area contributed by atoms with Gasteiger partial charge < -0.3 is 114 Å². The van der Waals surface area contributed by atoms with Gasteiger partial charge in [0, 0.05) is 67.8 Å². The standard InChI is InChI=1S/C86H126N2O24/c1-71-69-88(86(76-15-27-82(28-16-76)110-66-60-104-54-48-98-42-36-92-6,77-17-29-83(30-18-77)111-67-61-105-55-49-99-43-37-93-7)78-19-31-84(32-20-78)112-68-62-106-56-50-100-44-38-94-8)72(2)70-87(71)85(73-9-21-79(22-10-73)107-63-57-101-51-45-95-39-33-89-3,74-11-23-80(24-12-74)108-64-58-102-52-46-96-40-34-90-4)75-13-25-81(26-14-75)109-65-59-103-53-47-97-41-35-91-5/h9-32,71-72H,33-70H2,1-8H3/t71-,72-/m0/s1. The number of piperazine rings is 1. The van der Waals surface area contributed by atoms with Crippen molar-refractivity contribution in [3.05, 3.63) is 179 Å². The van der Waals surface area contributed by atoms with E-state index >= 15 is 0 Å². The molecule has 6 aromatic carbocycles. The maximum Gasteiger partial charge on any atom is 0.119 e. The van der Waals surface area contributed by atoms with Crippen molar-refractivity contribution in [2.75, 3.05) is 294 Å². The van der Waals surface area contributed by atoms with Gasteiger partial charge in [0.25, 0.3) is 0 Å². The van der Waals surface area contributed by atoms with Gasteiger partial charge in [-0.15, -0.1) is 0 Å². The number of benzene rings is 6. The zero-order chi connectivity index (χ0) is 79.0. The Hall–Kier alpha value is -6.68. The van der Waals surface area contributed by atoms with Crippen LogP contribution in [0, 0.1) is 0 Å². The molecule has 1 fully saturated rings. The quantitative estimate of drug-likeness (QED) is 0.0256. The van der Waals surface area contributed by atoms with Crippen LogP contribution in [-0.2, 0) is 96.3 Å². The zero-order valence-corrected chi connectivity index (χ0v) is 67.6. The molecule has 1 aliphatic heterocycles. The van der Waals surface area contributed by atoms with Gasteiger partial charge in [0.15, 0.2) is 0 Å². The van der Waals surface area contributed by atoms with Crippen LogP contribution in [0.1, 0.15) is 47.2 Å². The number of nitrogens with zero attached hydrogens (tertiary/aromatic N) is 2. The monoisotopic (exact) mass is 1570 g/mol. The first-order valence-electron chi connectivity index (χ1n) is 39.1. The second-order valence-electron chi connectivity index (χ2n) is 26.0. The molecule has 0 N–H and O–H groups in total. The minimum atomic E-state index is -0.971. The van der Waals surface area contributed by atoms with Gasteiger partial charge in [0.1, 0.15) is 74.1 Å². The second-order valence-corrected chi connectivity index (χ2v) is 26.0. The Balaban J connectivity index is 1.31. The molecule has 0 spiro atoms. The average molecular weight is 1570 g/mol. The molecule has 0 unspecified atom stereocenters. The number of methoxy groups -OCH3 is 6. The minimum Gasteiger partial charge on any atom is -0.491 e. The summed E-state index contributed by atoms with van der Waals surface area (Å²) in [6.07, 6.45) is 0. The molecule has 7 rings (SSSR count). The van der Waals surface area contributed by atoms with Crippen LogP contribution in [0.2, 0.25) is 0 Å². The molecular weight excluding hydrogens is 1440 g/mol. The summed E-state index contributed by atoms with van der Waals surface area (Å²) in [7, 11) is 9.92. The Morgan fingerprint density at radius 2 is 0.321 bits per heavy atom. The number of hydrogen-bond donors (Lipinski definition) is 0. The molecular formula is C86H126N2O24. The van der Waals surface area contributed by atoms with E-state index in [0.29, 0.717) is 285 Å². The van der Waals surface area contributed by atoms with Crippen molar-refractivity contribution in [1.82, 2.24) is 9.80 Å². The molecule has 0 amide bonds. The number of rotatable bonds is 68. The molecule has 0 aromatic heterocycles. The summed E-state index contributed by atoms with van der Waals surface area (Å²) in [6, 6.07) is 50.5. The van der Waals surface area contributed by atoms with Crippen molar-refractivity contribution in [2.45, 2.75) is 37.0 Å². The topological polar surface area (TPSA) is 228 Å². The Kier molecular flexibility index (Phi) is 47.4. The second kappa shape index (κ2) is 57.4. The van der Waals surface area contributed by atoms with E-state index in [0.717, 1.165) is 33.4 Å². The van der Waals surface area contributed by atoms with Crippen LogP contribution in [0.25, 0.3) is 0 Å². The maximum absolute atomic E-state index is 6.41. The molecule has 1 aliphatic rings. The molecule has 0 aliphatic carbocycles. The Labute approximate surface area is 664 Å². The van der Waals surface area contributed by atoms with Crippen LogP contribution in [0.4, 0.5) is 0 Å². The third-order valence-corrected chi connectivity index (χ3v) is 18.3. The summed E-state index contributed by atoms with van der Waals surface area (Å²) in [4.78, 5) is 5.32. The summed E-state index contributed by atoms with van der Waals surface area (Å²) >= 11 is 0. The SMILES string of the molecule is COCCOCCOCCOc1ccc(C(c2ccc(OCCOCCOCCOC)cc2)(c2ccc(OCCOCCOCCOC)cc2)N2C[C@H](C)N(C(c3ccc(OCCOCCOCCOC)cc3)(c3ccc(OCCOCCOCCOC)cc3)c3ccc(OCCOCCOCCOC)cc3)C[C@@H]2C)cc1. The fourth-order valence-electron chi connectivity index (χ4n) is 12.9. The zero-order valence-electron chi connectivity index (χ0n) is 67.6. The van der Waals surface area contributed by atoms with Crippen LogP contribution in [0.15, 0.2) is 146 Å². The molecule has 1 heterocycles.